The lowest BCUT2D eigenvalue weighted by Gasteiger charge is -2.26. The van der Waals surface area contributed by atoms with Crippen molar-refractivity contribution in [1.82, 2.24) is 24.5 Å². The van der Waals surface area contributed by atoms with E-state index < -0.39 is 42.2 Å². The van der Waals surface area contributed by atoms with Crippen LogP contribution >= 0.6 is 0 Å². The third-order valence-electron chi connectivity index (χ3n) is 7.21. The Morgan fingerprint density at radius 2 is 0.930 bits per heavy atom. The van der Waals surface area contributed by atoms with Gasteiger partial charge in [0.25, 0.3) is 0 Å². The largest absolute Gasteiger partial charge is 0.480 e. The highest BCUT2D eigenvalue weighted by atomic mass is 16.6. The summed E-state index contributed by atoms with van der Waals surface area (Å²) in [7, 11) is 6.89. The molecule has 0 aliphatic heterocycles. The maximum absolute atomic E-state index is 12.7. The summed E-state index contributed by atoms with van der Waals surface area (Å²) in [6.45, 7) is -1.77. The molecule has 13 heteroatoms. The number of benzene rings is 2. The summed E-state index contributed by atoms with van der Waals surface area (Å²) in [5.41, 5.74) is 4.34. The standard InChI is InChI=1S/C30H37N5O8/c1-31(14-25(36)32(2)16-27(38)34(4)18-29(40)41)26(37)15-33(3)28(39)17-35(5)30(42)43-19-24-22-12-8-6-10-20(22)21-11-7-9-13-23(21)24/h6-13,24H,14-19H2,1-5H3,(H,40,41). The van der Waals surface area contributed by atoms with Crippen LogP contribution in [-0.4, -0.2) is 140 Å². The lowest BCUT2D eigenvalue weighted by molar-refractivity contribution is -0.146. The van der Waals surface area contributed by atoms with Crippen molar-refractivity contribution in [1.29, 1.82) is 0 Å². The SMILES string of the molecule is CN(CC(=O)O)C(=O)CN(C)C(=O)CN(C)C(=O)CN(C)C(=O)CN(C)C(=O)OCC1c2ccccc2-c2ccccc21. The number of carboxylic acid groups (broad SMARTS) is 1. The number of fused-ring (bicyclic) bond motifs is 3. The van der Waals surface area contributed by atoms with Crippen LogP contribution in [0.25, 0.3) is 11.1 Å². The minimum absolute atomic E-state index is 0.106. The molecule has 0 heterocycles. The number of nitrogens with zero attached hydrogens (tertiary/aromatic N) is 5. The third kappa shape index (κ3) is 8.31. The van der Waals surface area contributed by atoms with Crippen LogP contribution in [0.3, 0.4) is 0 Å². The Bertz CT molecular complexity index is 1350. The summed E-state index contributed by atoms with van der Waals surface area (Å²) in [4.78, 5) is 78.9. The van der Waals surface area contributed by atoms with Gasteiger partial charge in [-0.2, -0.15) is 0 Å². The number of carboxylic acids is 1. The molecule has 0 spiro atoms. The fraction of sp³-hybridized carbons (Fsp3) is 0.400. The summed E-state index contributed by atoms with van der Waals surface area (Å²) in [6.07, 6.45) is -0.677. The zero-order valence-electron chi connectivity index (χ0n) is 25.0. The van der Waals surface area contributed by atoms with Gasteiger partial charge in [0.2, 0.25) is 23.6 Å². The van der Waals surface area contributed by atoms with Crippen molar-refractivity contribution in [2.24, 2.45) is 0 Å². The van der Waals surface area contributed by atoms with Gasteiger partial charge in [-0.05, 0) is 22.3 Å². The van der Waals surface area contributed by atoms with Crippen LogP contribution in [0.4, 0.5) is 4.79 Å². The molecule has 0 unspecified atom stereocenters. The Morgan fingerprint density at radius 3 is 1.33 bits per heavy atom. The average Bonchev–Trinajstić information content (AvgIpc) is 3.28. The van der Waals surface area contributed by atoms with Gasteiger partial charge < -0.3 is 34.3 Å². The van der Waals surface area contributed by atoms with Gasteiger partial charge in [0.15, 0.2) is 0 Å². The number of carbonyl (C=O) groups is 6. The number of hydrogen-bond donors (Lipinski definition) is 1. The molecule has 0 fully saturated rings. The van der Waals surface area contributed by atoms with E-state index in [-0.39, 0.29) is 38.7 Å². The van der Waals surface area contributed by atoms with Gasteiger partial charge in [-0.25, -0.2) is 4.79 Å². The molecule has 13 nitrogen and oxygen atoms in total. The molecular formula is C30H37N5O8. The third-order valence-corrected chi connectivity index (χ3v) is 7.21. The zero-order chi connectivity index (χ0) is 31.8. The predicted molar refractivity (Wildman–Crippen MR) is 156 cm³/mol. The molecule has 0 aromatic heterocycles. The molecule has 1 aliphatic carbocycles. The zero-order valence-corrected chi connectivity index (χ0v) is 25.0. The highest BCUT2D eigenvalue weighted by molar-refractivity contribution is 5.91. The first-order valence-corrected chi connectivity index (χ1v) is 13.5. The summed E-state index contributed by atoms with van der Waals surface area (Å²) >= 11 is 0. The van der Waals surface area contributed by atoms with E-state index in [4.69, 9.17) is 9.84 Å². The Hall–Kier alpha value is -4.94. The summed E-state index contributed by atoms with van der Waals surface area (Å²) in [5, 5.41) is 8.79. The molecular weight excluding hydrogens is 558 g/mol. The highest BCUT2D eigenvalue weighted by Gasteiger charge is 2.30. The molecule has 1 aliphatic rings. The van der Waals surface area contributed by atoms with Crippen molar-refractivity contribution in [2.75, 3.05) is 74.6 Å². The van der Waals surface area contributed by atoms with E-state index in [1.165, 1.54) is 35.2 Å². The van der Waals surface area contributed by atoms with Crippen molar-refractivity contribution >= 4 is 35.7 Å². The number of aliphatic carboxylic acids is 1. The molecule has 43 heavy (non-hydrogen) atoms. The van der Waals surface area contributed by atoms with Crippen molar-refractivity contribution in [2.45, 2.75) is 5.92 Å². The average molecular weight is 596 g/mol. The maximum Gasteiger partial charge on any atom is 0.409 e. The Morgan fingerprint density at radius 1 is 0.581 bits per heavy atom. The van der Waals surface area contributed by atoms with Crippen molar-refractivity contribution in [3.63, 3.8) is 0 Å². The molecule has 0 saturated heterocycles. The van der Waals surface area contributed by atoms with Crippen molar-refractivity contribution in [3.8, 4) is 11.1 Å². The van der Waals surface area contributed by atoms with E-state index in [0.717, 1.165) is 46.8 Å². The Balaban J connectivity index is 1.45. The van der Waals surface area contributed by atoms with E-state index in [2.05, 4.69) is 0 Å². The van der Waals surface area contributed by atoms with Crippen LogP contribution in [0.15, 0.2) is 48.5 Å². The minimum atomic E-state index is -1.18. The van der Waals surface area contributed by atoms with Gasteiger partial charge in [-0.15, -0.1) is 0 Å². The van der Waals surface area contributed by atoms with Crippen LogP contribution in [0.1, 0.15) is 17.0 Å². The van der Waals surface area contributed by atoms with Gasteiger partial charge in [0.1, 0.15) is 19.7 Å². The van der Waals surface area contributed by atoms with E-state index in [1.807, 2.05) is 48.5 Å². The molecule has 230 valence electrons. The predicted octanol–water partition coefficient (Wildman–Crippen LogP) is 0.786. The van der Waals surface area contributed by atoms with E-state index in [0.29, 0.717) is 0 Å². The first-order chi connectivity index (χ1) is 20.3. The second kappa shape index (κ2) is 14.3. The smallest absolute Gasteiger partial charge is 0.409 e. The first-order valence-electron chi connectivity index (χ1n) is 13.5. The van der Waals surface area contributed by atoms with E-state index in [9.17, 15) is 28.8 Å². The molecule has 0 atom stereocenters. The van der Waals surface area contributed by atoms with Gasteiger partial charge >= 0.3 is 12.1 Å². The number of rotatable bonds is 12. The Labute approximate surface area is 250 Å². The second-order valence-corrected chi connectivity index (χ2v) is 10.6. The molecule has 2 aromatic rings. The lowest BCUT2D eigenvalue weighted by atomic mass is 9.98. The molecule has 0 saturated carbocycles. The van der Waals surface area contributed by atoms with Crippen LogP contribution < -0.4 is 0 Å². The summed E-state index contributed by atoms with van der Waals surface area (Å²) in [5.74, 6) is -3.46. The number of carbonyl (C=O) groups excluding carboxylic acids is 5. The highest BCUT2D eigenvalue weighted by Crippen LogP contribution is 2.44. The fourth-order valence-electron chi connectivity index (χ4n) is 4.62. The van der Waals surface area contributed by atoms with Gasteiger partial charge in [0, 0.05) is 41.2 Å². The van der Waals surface area contributed by atoms with Crippen LogP contribution in [0.2, 0.25) is 0 Å². The second-order valence-electron chi connectivity index (χ2n) is 10.6. The first kappa shape index (κ1) is 32.6. The van der Waals surface area contributed by atoms with Gasteiger partial charge in [-0.3, -0.25) is 24.0 Å². The van der Waals surface area contributed by atoms with Crippen LogP contribution in [-0.2, 0) is 28.7 Å². The number of hydrogen-bond acceptors (Lipinski definition) is 7. The van der Waals surface area contributed by atoms with E-state index >= 15 is 0 Å². The quantitative estimate of drug-likeness (QED) is 0.379. The summed E-state index contributed by atoms with van der Waals surface area (Å²) < 4.78 is 5.57. The topological polar surface area (TPSA) is 148 Å². The van der Waals surface area contributed by atoms with Crippen molar-refractivity contribution in [3.05, 3.63) is 59.7 Å². The van der Waals surface area contributed by atoms with Crippen LogP contribution in [0.5, 0.6) is 0 Å². The molecule has 0 bridgehead atoms. The number of amides is 5. The normalized spacial score (nSPS) is 11.6. The van der Waals surface area contributed by atoms with Crippen LogP contribution in [0, 0.1) is 0 Å². The van der Waals surface area contributed by atoms with Crippen molar-refractivity contribution < 1.29 is 38.6 Å². The number of likely N-dealkylation sites (N-methyl/N-ethyl adjacent to an activating group) is 5. The number of ether oxygens (including phenoxy) is 1. The van der Waals surface area contributed by atoms with Gasteiger partial charge in [0.05, 0.1) is 19.6 Å². The van der Waals surface area contributed by atoms with E-state index in [1.54, 1.807) is 0 Å². The molecule has 2 aromatic carbocycles. The molecule has 5 amide bonds. The molecule has 1 N–H and O–H groups in total. The summed E-state index contributed by atoms with van der Waals surface area (Å²) in [6, 6.07) is 15.9. The lowest BCUT2D eigenvalue weighted by Crippen LogP contribution is -2.47. The maximum atomic E-state index is 12.7. The van der Waals surface area contributed by atoms with Gasteiger partial charge in [-0.1, -0.05) is 48.5 Å². The molecule has 3 rings (SSSR count). The monoisotopic (exact) mass is 595 g/mol. The molecule has 0 radical (unpaired) electrons. The minimum Gasteiger partial charge on any atom is -0.480 e. The Kier molecular flexibility index (Phi) is 10.8. The fourth-order valence-corrected chi connectivity index (χ4v) is 4.62.